The minimum Gasteiger partial charge on any atom is -0.409 e. The molecule has 0 aliphatic rings. The molecule has 2 aromatic rings. The Morgan fingerprint density at radius 2 is 1.95 bits per heavy atom. The number of halogens is 1. The van der Waals surface area contributed by atoms with Crippen LogP contribution in [-0.2, 0) is 0 Å². The molecule has 2 rings (SSSR count). The van der Waals surface area contributed by atoms with E-state index in [1.165, 1.54) is 0 Å². The van der Waals surface area contributed by atoms with Crippen LogP contribution in [-0.4, -0.2) is 11.0 Å². The number of nitrogens with two attached hydrogens (primary N) is 1. The molecule has 0 amide bonds. The van der Waals surface area contributed by atoms with Gasteiger partial charge < -0.3 is 10.9 Å². The van der Waals surface area contributed by atoms with Crippen LogP contribution in [0.15, 0.2) is 57.4 Å². The summed E-state index contributed by atoms with van der Waals surface area (Å²) in [6.07, 6.45) is 0. The second-order valence-corrected chi connectivity index (χ2v) is 5.60. The first kappa shape index (κ1) is 13.8. The Morgan fingerprint density at radius 3 is 2.58 bits per heavy atom. The molecule has 0 fully saturated rings. The fourth-order valence-corrected chi connectivity index (χ4v) is 2.94. The van der Waals surface area contributed by atoms with Gasteiger partial charge in [0.05, 0.1) is 0 Å². The van der Waals surface area contributed by atoms with E-state index in [0.717, 1.165) is 25.9 Å². The molecular weight excluding hydrogens is 280 g/mol. The average Bonchev–Trinajstić information content (AvgIpc) is 2.38. The summed E-state index contributed by atoms with van der Waals surface area (Å²) in [6, 6.07) is 13.5. The first-order chi connectivity index (χ1) is 9.10. The van der Waals surface area contributed by atoms with Gasteiger partial charge in [0.1, 0.15) is 0 Å². The molecule has 0 saturated carbocycles. The maximum atomic E-state index is 8.69. The highest BCUT2D eigenvalue weighted by Crippen LogP contribution is 2.30. The monoisotopic (exact) mass is 292 g/mol. The molecule has 0 unspecified atom stereocenters. The molecule has 0 aromatic heterocycles. The van der Waals surface area contributed by atoms with Crippen LogP contribution >= 0.6 is 23.4 Å². The largest absolute Gasteiger partial charge is 0.409 e. The van der Waals surface area contributed by atoms with E-state index in [4.69, 9.17) is 22.5 Å². The lowest BCUT2D eigenvalue weighted by Crippen LogP contribution is -2.14. The Morgan fingerprint density at radius 1 is 1.21 bits per heavy atom. The van der Waals surface area contributed by atoms with Crippen LogP contribution in [0.4, 0.5) is 0 Å². The third kappa shape index (κ3) is 3.43. The van der Waals surface area contributed by atoms with Crippen LogP contribution in [0.2, 0.25) is 5.02 Å². The summed E-state index contributed by atoms with van der Waals surface area (Å²) < 4.78 is 0. The minimum absolute atomic E-state index is 0.122. The zero-order valence-electron chi connectivity index (χ0n) is 10.3. The topological polar surface area (TPSA) is 58.6 Å². The van der Waals surface area contributed by atoms with Crippen molar-refractivity contribution in [3.63, 3.8) is 0 Å². The zero-order chi connectivity index (χ0) is 13.8. The van der Waals surface area contributed by atoms with E-state index in [0.29, 0.717) is 0 Å². The molecule has 0 aliphatic carbocycles. The molecular formula is C14H13ClN2OS. The van der Waals surface area contributed by atoms with Gasteiger partial charge in [0.25, 0.3) is 0 Å². The van der Waals surface area contributed by atoms with Gasteiger partial charge in [0, 0.05) is 20.4 Å². The molecule has 2 aromatic carbocycles. The Labute approximate surface area is 121 Å². The number of oxime groups is 1. The van der Waals surface area contributed by atoms with Crippen molar-refractivity contribution < 1.29 is 5.21 Å². The van der Waals surface area contributed by atoms with Crippen molar-refractivity contribution >= 4 is 29.2 Å². The molecule has 5 heteroatoms. The van der Waals surface area contributed by atoms with Crippen molar-refractivity contribution in [1.82, 2.24) is 0 Å². The van der Waals surface area contributed by atoms with Crippen LogP contribution in [0.5, 0.6) is 0 Å². The Bertz CT molecular complexity index is 629. The fraction of sp³-hybridized carbons (Fsp3) is 0.0714. The van der Waals surface area contributed by atoms with Crippen LogP contribution in [0.1, 0.15) is 11.1 Å². The second kappa shape index (κ2) is 5.99. The minimum atomic E-state index is 0.122. The Kier molecular flexibility index (Phi) is 4.35. The number of hydrogen-bond acceptors (Lipinski definition) is 3. The molecule has 0 radical (unpaired) electrons. The summed E-state index contributed by atoms with van der Waals surface area (Å²) in [5.41, 5.74) is 7.29. The molecule has 19 heavy (non-hydrogen) atoms. The van der Waals surface area contributed by atoms with Crippen LogP contribution in [0, 0.1) is 6.92 Å². The third-order valence-corrected chi connectivity index (χ3v) is 3.83. The first-order valence-corrected chi connectivity index (χ1v) is 6.81. The Balaban J connectivity index is 2.26. The van der Waals surface area contributed by atoms with Crippen molar-refractivity contribution in [1.29, 1.82) is 0 Å². The van der Waals surface area contributed by atoms with Crippen molar-refractivity contribution in [2.75, 3.05) is 0 Å². The van der Waals surface area contributed by atoms with Gasteiger partial charge in [-0.05, 0) is 48.9 Å². The second-order valence-electron chi connectivity index (χ2n) is 4.02. The molecule has 98 valence electrons. The molecule has 3 N–H and O–H groups in total. The predicted molar refractivity (Wildman–Crippen MR) is 79.3 cm³/mol. The summed E-state index contributed by atoms with van der Waals surface area (Å²) in [6.45, 7) is 1.93. The van der Waals surface area contributed by atoms with Gasteiger partial charge in [-0.3, -0.25) is 0 Å². The molecule has 0 heterocycles. The zero-order valence-corrected chi connectivity index (χ0v) is 11.9. The number of benzene rings is 2. The SMILES string of the molecule is Cc1cc(Sc2cccc(Cl)c2)ccc1/C(N)=N/O. The average molecular weight is 293 g/mol. The standard InChI is InChI=1S/C14H13ClN2OS/c1-9-7-12(5-6-13(9)14(16)17-18)19-11-4-2-3-10(15)8-11/h2-8,18H,1H3,(H2,16,17). The van der Waals surface area contributed by atoms with Crippen LogP contribution < -0.4 is 5.73 Å². The smallest absolute Gasteiger partial charge is 0.170 e. The number of aryl methyl sites for hydroxylation is 1. The van der Waals surface area contributed by atoms with Gasteiger partial charge >= 0.3 is 0 Å². The quantitative estimate of drug-likeness (QED) is 0.390. The molecule has 0 saturated heterocycles. The van der Waals surface area contributed by atoms with Gasteiger partial charge in [-0.2, -0.15) is 0 Å². The van der Waals surface area contributed by atoms with Crippen molar-refractivity contribution in [3.8, 4) is 0 Å². The molecule has 0 spiro atoms. The molecule has 0 atom stereocenters. The van der Waals surface area contributed by atoms with E-state index in [2.05, 4.69) is 5.16 Å². The lowest BCUT2D eigenvalue weighted by Gasteiger charge is -2.07. The predicted octanol–water partition coefficient (Wildman–Crippen LogP) is 3.89. The number of amidine groups is 1. The fourth-order valence-electron chi connectivity index (χ4n) is 1.71. The summed E-state index contributed by atoms with van der Waals surface area (Å²) in [5.74, 6) is 0.122. The highest BCUT2D eigenvalue weighted by atomic mass is 35.5. The van der Waals surface area contributed by atoms with Gasteiger partial charge in [0.15, 0.2) is 5.84 Å². The molecule has 3 nitrogen and oxygen atoms in total. The van der Waals surface area contributed by atoms with E-state index in [1.807, 2.05) is 49.4 Å². The normalized spacial score (nSPS) is 11.6. The van der Waals surface area contributed by atoms with E-state index >= 15 is 0 Å². The van der Waals surface area contributed by atoms with E-state index in [1.54, 1.807) is 11.8 Å². The van der Waals surface area contributed by atoms with Gasteiger partial charge in [0.2, 0.25) is 0 Å². The van der Waals surface area contributed by atoms with Crippen molar-refractivity contribution in [2.45, 2.75) is 16.7 Å². The molecule has 0 bridgehead atoms. The summed E-state index contributed by atoms with van der Waals surface area (Å²) >= 11 is 7.57. The van der Waals surface area contributed by atoms with Crippen molar-refractivity contribution in [3.05, 3.63) is 58.6 Å². The lowest BCUT2D eigenvalue weighted by atomic mass is 10.1. The van der Waals surface area contributed by atoms with Crippen LogP contribution in [0.3, 0.4) is 0 Å². The number of nitrogens with zero attached hydrogens (tertiary/aromatic N) is 1. The third-order valence-electron chi connectivity index (χ3n) is 2.61. The first-order valence-electron chi connectivity index (χ1n) is 5.62. The van der Waals surface area contributed by atoms with Gasteiger partial charge in [-0.15, -0.1) is 0 Å². The van der Waals surface area contributed by atoms with Crippen molar-refractivity contribution in [2.24, 2.45) is 10.9 Å². The summed E-state index contributed by atoms with van der Waals surface area (Å²) in [5, 5.41) is 12.4. The van der Waals surface area contributed by atoms with E-state index in [9.17, 15) is 0 Å². The molecule has 0 aliphatic heterocycles. The highest BCUT2D eigenvalue weighted by molar-refractivity contribution is 7.99. The highest BCUT2D eigenvalue weighted by Gasteiger charge is 2.05. The van der Waals surface area contributed by atoms with E-state index in [-0.39, 0.29) is 5.84 Å². The maximum absolute atomic E-state index is 8.69. The summed E-state index contributed by atoms with van der Waals surface area (Å²) in [4.78, 5) is 2.15. The number of rotatable bonds is 3. The lowest BCUT2D eigenvalue weighted by molar-refractivity contribution is 0.318. The summed E-state index contributed by atoms with van der Waals surface area (Å²) in [7, 11) is 0. The maximum Gasteiger partial charge on any atom is 0.170 e. The van der Waals surface area contributed by atoms with Gasteiger partial charge in [-0.1, -0.05) is 34.6 Å². The number of hydrogen-bond donors (Lipinski definition) is 2. The Hall–Kier alpha value is -1.65. The van der Waals surface area contributed by atoms with E-state index < -0.39 is 0 Å². The van der Waals surface area contributed by atoms with Gasteiger partial charge in [-0.25, -0.2) is 0 Å². The van der Waals surface area contributed by atoms with Crippen LogP contribution in [0.25, 0.3) is 0 Å².